The van der Waals surface area contributed by atoms with E-state index in [0.717, 1.165) is 63.6 Å². The van der Waals surface area contributed by atoms with Gasteiger partial charge in [-0.15, -0.1) is 24.8 Å². The summed E-state index contributed by atoms with van der Waals surface area (Å²) in [6.45, 7) is 6.70. The van der Waals surface area contributed by atoms with Gasteiger partial charge >= 0.3 is 0 Å². The molecule has 0 amide bonds. The molecule has 1 aliphatic rings. The molecule has 29 heavy (non-hydrogen) atoms. The molecular weight excluding hydrogens is 419 g/mol. The molecule has 2 aromatic rings. The van der Waals surface area contributed by atoms with Crippen molar-refractivity contribution in [3.63, 3.8) is 0 Å². The van der Waals surface area contributed by atoms with Gasteiger partial charge in [-0.05, 0) is 61.5 Å². The van der Waals surface area contributed by atoms with Crippen LogP contribution in [0.2, 0.25) is 0 Å². The van der Waals surface area contributed by atoms with Crippen LogP contribution in [0.1, 0.15) is 6.42 Å². The summed E-state index contributed by atoms with van der Waals surface area (Å²) in [5, 5.41) is 9.03. The van der Waals surface area contributed by atoms with Gasteiger partial charge in [0.1, 0.15) is 11.6 Å². The number of aliphatic hydroxyl groups excluding tert-OH is 1. The first-order valence-electron chi connectivity index (χ1n) is 9.50. The zero-order valence-corrected chi connectivity index (χ0v) is 18.0. The Morgan fingerprint density at radius 2 is 1.14 bits per heavy atom. The minimum Gasteiger partial charge on any atom is -0.395 e. The topological polar surface area (TPSA) is 30.0 Å². The van der Waals surface area contributed by atoms with Gasteiger partial charge in [-0.25, -0.2) is 8.78 Å². The number of nitrogens with zero attached hydrogens (tertiary/aromatic N) is 3. The highest BCUT2D eigenvalue weighted by atomic mass is 35.5. The highest BCUT2D eigenvalue weighted by Gasteiger charge is 2.17. The van der Waals surface area contributed by atoms with E-state index in [1.165, 1.54) is 24.3 Å². The fourth-order valence-electron chi connectivity index (χ4n) is 3.48. The smallest absolute Gasteiger partial charge is 0.123 e. The molecule has 1 saturated heterocycles. The summed E-state index contributed by atoms with van der Waals surface area (Å²) in [5.74, 6) is -0.530. The first kappa shape index (κ1) is 25.6. The monoisotopic (exact) mass is 447 g/mol. The van der Waals surface area contributed by atoms with E-state index in [0.29, 0.717) is 0 Å². The summed E-state index contributed by atoms with van der Waals surface area (Å²) < 4.78 is 26.6. The normalized spacial score (nSPS) is 14.7. The van der Waals surface area contributed by atoms with Crippen LogP contribution in [0.4, 0.5) is 20.2 Å². The zero-order chi connectivity index (χ0) is 19.1. The first-order valence-corrected chi connectivity index (χ1v) is 9.50. The minimum absolute atomic E-state index is 0. The Kier molecular flexibility index (Phi) is 11.5. The van der Waals surface area contributed by atoms with Crippen LogP contribution < -0.4 is 4.90 Å². The molecule has 1 aliphatic heterocycles. The predicted octanol–water partition coefficient (Wildman–Crippen LogP) is 3.95. The maximum atomic E-state index is 13.3. The molecule has 0 aromatic heterocycles. The number of hydrogen-bond donors (Lipinski definition) is 1. The van der Waals surface area contributed by atoms with E-state index in [-0.39, 0.29) is 43.1 Å². The molecular formula is C21H29Cl2F2N3O. The second-order valence-electron chi connectivity index (χ2n) is 6.86. The molecule has 0 spiro atoms. The third kappa shape index (κ3) is 7.72. The molecule has 0 radical (unpaired) electrons. The Balaban J connectivity index is 0.00000210. The van der Waals surface area contributed by atoms with E-state index in [1.54, 1.807) is 24.3 Å². The lowest BCUT2D eigenvalue weighted by atomic mass is 10.2. The van der Waals surface area contributed by atoms with Crippen molar-refractivity contribution in [1.82, 2.24) is 9.80 Å². The highest BCUT2D eigenvalue weighted by molar-refractivity contribution is 5.85. The standard InChI is InChI=1S/C21H27F2N3O.2ClH/c22-18-2-6-20(7-3-18)26(21-8-4-19(23)5-9-21)11-1-10-24-12-14-25(15-13-24)16-17-27;;/h2-9,27H,1,10-17H2;2*1H. The van der Waals surface area contributed by atoms with E-state index < -0.39 is 0 Å². The minimum atomic E-state index is -0.265. The molecule has 2 aromatic carbocycles. The summed E-state index contributed by atoms with van der Waals surface area (Å²) >= 11 is 0. The number of benzene rings is 2. The van der Waals surface area contributed by atoms with Gasteiger partial charge in [0.25, 0.3) is 0 Å². The van der Waals surface area contributed by atoms with Gasteiger partial charge in [0.15, 0.2) is 0 Å². The van der Waals surface area contributed by atoms with Gasteiger partial charge in [0, 0.05) is 50.6 Å². The van der Waals surface area contributed by atoms with Crippen LogP contribution in [0.3, 0.4) is 0 Å². The fourth-order valence-corrected chi connectivity index (χ4v) is 3.48. The molecule has 8 heteroatoms. The van der Waals surface area contributed by atoms with Gasteiger partial charge in [-0.1, -0.05) is 0 Å². The van der Waals surface area contributed by atoms with Crippen molar-refractivity contribution in [3.8, 4) is 0 Å². The number of aliphatic hydroxyl groups is 1. The van der Waals surface area contributed by atoms with Crippen molar-refractivity contribution in [2.75, 3.05) is 57.3 Å². The first-order chi connectivity index (χ1) is 13.2. The van der Waals surface area contributed by atoms with E-state index >= 15 is 0 Å². The van der Waals surface area contributed by atoms with Gasteiger partial charge in [-0.2, -0.15) is 0 Å². The van der Waals surface area contributed by atoms with E-state index in [4.69, 9.17) is 5.11 Å². The second kappa shape index (κ2) is 13.0. The average Bonchev–Trinajstić information content (AvgIpc) is 2.69. The molecule has 0 unspecified atom stereocenters. The Hall–Kier alpha value is -1.44. The second-order valence-corrected chi connectivity index (χ2v) is 6.86. The summed E-state index contributed by atoms with van der Waals surface area (Å²) in [4.78, 5) is 6.81. The Bertz CT molecular complexity index is 651. The summed E-state index contributed by atoms with van der Waals surface area (Å²) in [5.41, 5.74) is 1.80. The Labute approximate surface area is 183 Å². The number of rotatable bonds is 8. The lowest BCUT2D eigenvalue weighted by molar-refractivity contribution is 0.112. The molecule has 0 bridgehead atoms. The molecule has 0 aliphatic carbocycles. The van der Waals surface area contributed by atoms with Gasteiger partial charge < -0.3 is 14.9 Å². The molecule has 1 fully saturated rings. The van der Waals surface area contributed by atoms with Gasteiger partial charge in [0.05, 0.1) is 6.61 Å². The third-order valence-corrected chi connectivity index (χ3v) is 5.01. The van der Waals surface area contributed by atoms with Crippen LogP contribution in [0.25, 0.3) is 0 Å². The van der Waals surface area contributed by atoms with E-state index in [1.807, 2.05) is 0 Å². The quantitative estimate of drug-likeness (QED) is 0.663. The SMILES string of the molecule is Cl.Cl.OCCN1CCN(CCCN(c2ccc(F)cc2)c2ccc(F)cc2)CC1. The van der Waals surface area contributed by atoms with Crippen molar-refractivity contribution in [3.05, 3.63) is 60.2 Å². The number of β-amino-alcohol motifs (C(OH)–C–C–N with tert-alkyl or cyclic N) is 1. The van der Waals surface area contributed by atoms with Crippen LogP contribution >= 0.6 is 24.8 Å². The van der Waals surface area contributed by atoms with Gasteiger partial charge in [-0.3, -0.25) is 4.90 Å². The average molecular weight is 448 g/mol. The maximum absolute atomic E-state index is 13.3. The summed E-state index contributed by atoms with van der Waals surface area (Å²) in [6, 6.07) is 12.8. The van der Waals surface area contributed by atoms with Crippen LogP contribution in [-0.4, -0.2) is 67.3 Å². The molecule has 1 N–H and O–H groups in total. The largest absolute Gasteiger partial charge is 0.395 e. The number of anilines is 2. The Morgan fingerprint density at radius 3 is 1.55 bits per heavy atom. The predicted molar refractivity (Wildman–Crippen MR) is 119 cm³/mol. The van der Waals surface area contributed by atoms with Crippen molar-refractivity contribution in [2.24, 2.45) is 0 Å². The Morgan fingerprint density at radius 1 is 0.724 bits per heavy atom. The van der Waals surface area contributed by atoms with Crippen LogP contribution in [0.5, 0.6) is 0 Å². The van der Waals surface area contributed by atoms with E-state index in [9.17, 15) is 8.78 Å². The molecule has 0 atom stereocenters. The van der Waals surface area contributed by atoms with Crippen LogP contribution in [0.15, 0.2) is 48.5 Å². The third-order valence-electron chi connectivity index (χ3n) is 5.01. The van der Waals surface area contributed by atoms with Crippen LogP contribution in [0, 0.1) is 11.6 Å². The highest BCUT2D eigenvalue weighted by Crippen LogP contribution is 2.26. The van der Waals surface area contributed by atoms with Crippen LogP contribution in [-0.2, 0) is 0 Å². The van der Waals surface area contributed by atoms with Crippen molar-refractivity contribution < 1.29 is 13.9 Å². The fraction of sp³-hybridized carbons (Fsp3) is 0.429. The lowest BCUT2D eigenvalue weighted by Crippen LogP contribution is -2.47. The molecule has 0 saturated carbocycles. The van der Waals surface area contributed by atoms with E-state index in [2.05, 4.69) is 14.7 Å². The van der Waals surface area contributed by atoms with Crippen molar-refractivity contribution >= 4 is 36.2 Å². The number of piperazine rings is 1. The molecule has 1 heterocycles. The number of hydrogen-bond acceptors (Lipinski definition) is 4. The maximum Gasteiger partial charge on any atom is 0.123 e. The lowest BCUT2D eigenvalue weighted by Gasteiger charge is -2.35. The molecule has 4 nitrogen and oxygen atoms in total. The molecule has 3 rings (SSSR count). The summed E-state index contributed by atoms with van der Waals surface area (Å²) in [6.07, 6.45) is 0.953. The van der Waals surface area contributed by atoms with Gasteiger partial charge in [0.2, 0.25) is 0 Å². The zero-order valence-electron chi connectivity index (χ0n) is 16.3. The number of halogens is 4. The molecule has 162 valence electrons. The summed E-state index contributed by atoms with van der Waals surface area (Å²) in [7, 11) is 0. The van der Waals surface area contributed by atoms with Crippen molar-refractivity contribution in [1.29, 1.82) is 0 Å². The van der Waals surface area contributed by atoms with Crippen molar-refractivity contribution in [2.45, 2.75) is 6.42 Å².